The minimum atomic E-state index is -4.52. The van der Waals surface area contributed by atoms with Crippen molar-refractivity contribution in [2.75, 3.05) is 18.4 Å². The van der Waals surface area contributed by atoms with Crippen LogP contribution in [0, 0.1) is 0 Å². The van der Waals surface area contributed by atoms with Crippen molar-refractivity contribution in [1.82, 2.24) is 19.7 Å². The summed E-state index contributed by atoms with van der Waals surface area (Å²) in [4.78, 5) is 14.0. The molecule has 1 aliphatic rings. The smallest absolute Gasteiger partial charge is 0.325 e. The van der Waals surface area contributed by atoms with Gasteiger partial charge < -0.3 is 9.88 Å². The summed E-state index contributed by atoms with van der Waals surface area (Å²) in [6, 6.07) is 7.53. The summed E-state index contributed by atoms with van der Waals surface area (Å²) in [6.07, 6.45) is -3.72. The minimum absolute atomic E-state index is 0.0895. The molecule has 25 heavy (non-hydrogen) atoms. The van der Waals surface area contributed by atoms with E-state index in [1.54, 1.807) is 4.90 Å². The predicted octanol–water partition coefficient (Wildman–Crippen LogP) is 2.31. The van der Waals surface area contributed by atoms with E-state index in [1.807, 2.05) is 31.2 Å². The molecule has 1 N–H and O–H groups in total. The first-order chi connectivity index (χ1) is 11.9. The molecule has 2 aromatic rings. The molecule has 1 aliphatic heterocycles. The first-order valence-corrected chi connectivity index (χ1v) is 7.98. The lowest BCUT2D eigenvalue weighted by molar-refractivity contribution is -0.148. The maximum atomic E-state index is 12.8. The maximum Gasteiger partial charge on any atom is 0.451 e. The van der Waals surface area contributed by atoms with Crippen LogP contribution in [0.25, 0.3) is 0 Å². The van der Waals surface area contributed by atoms with Crippen LogP contribution in [0.3, 0.4) is 0 Å². The van der Waals surface area contributed by atoms with Crippen LogP contribution >= 0.6 is 0 Å². The highest BCUT2D eigenvalue weighted by Crippen LogP contribution is 2.29. The maximum absolute atomic E-state index is 12.8. The van der Waals surface area contributed by atoms with Crippen molar-refractivity contribution < 1.29 is 18.0 Å². The fourth-order valence-corrected chi connectivity index (χ4v) is 2.90. The summed E-state index contributed by atoms with van der Waals surface area (Å²) in [5, 5.41) is 9.70. The van der Waals surface area contributed by atoms with Gasteiger partial charge in [-0.15, -0.1) is 10.2 Å². The number of hydrogen-bond donors (Lipinski definition) is 1. The zero-order valence-corrected chi connectivity index (χ0v) is 13.7. The first-order valence-electron chi connectivity index (χ1n) is 7.98. The second-order valence-electron chi connectivity index (χ2n) is 5.86. The molecule has 9 heteroatoms. The topological polar surface area (TPSA) is 63.1 Å². The molecular weight excluding hydrogens is 335 g/mol. The van der Waals surface area contributed by atoms with Crippen LogP contribution in [0.1, 0.15) is 24.1 Å². The van der Waals surface area contributed by atoms with Crippen molar-refractivity contribution in [3.05, 3.63) is 41.5 Å². The molecule has 0 bridgehead atoms. The Morgan fingerprint density at radius 1 is 1.24 bits per heavy atom. The normalized spacial score (nSPS) is 15.0. The number of aromatic nitrogens is 3. The van der Waals surface area contributed by atoms with E-state index >= 15 is 0 Å². The quantitative estimate of drug-likeness (QED) is 0.916. The lowest BCUT2D eigenvalue weighted by Gasteiger charge is -2.27. The summed E-state index contributed by atoms with van der Waals surface area (Å²) in [5.74, 6) is -0.964. The second-order valence-corrected chi connectivity index (χ2v) is 5.86. The molecule has 0 spiro atoms. The molecule has 3 rings (SSSR count). The Morgan fingerprint density at radius 2 is 2.00 bits per heavy atom. The zero-order chi connectivity index (χ0) is 18.0. The second kappa shape index (κ2) is 6.83. The van der Waals surface area contributed by atoms with Crippen LogP contribution in [-0.2, 0) is 30.5 Å². The van der Waals surface area contributed by atoms with Gasteiger partial charge in [0.2, 0.25) is 11.7 Å². The van der Waals surface area contributed by atoms with Gasteiger partial charge in [0, 0.05) is 18.8 Å². The lowest BCUT2D eigenvalue weighted by Crippen LogP contribution is -2.40. The van der Waals surface area contributed by atoms with Crippen molar-refractivity contribution >= 4 is 11.6 Å². The number of para-hydroxylation sites is 1. The van der Waals surface area contributed by atoms with Gasteiger partial charge >= 0.3 is 6.18 Å². The Balaban J connectivity index is 1.63. The standard InChI is InChI=1S/C16H18F3N5O/c1-2-11-5-3-4-6-12(11)20-14(25)10-23-7-8-24-13(9-23)21-22-15(24)16(17,18)19/h3-6H,2,7-10H2,1H3,(H,20,25). The number of benzene rings is 1. The fraction of sp³-hybridized carbons (Fsp3) is 0.438. The average Bonchev–Trinajstić information content (AvgIpc) is 2.98. The van der Waals surface area contributed by atoms with Gasteiger partial charge in [0.05, 0.1) is 13.1 Å². The van der Waals surface area contributed by atoms with Gasteiger partial charge in [-0.05, 0) is 18.1 Å². The highest BCUT2D eigenvalue weighted by molar-refractivity contribution is 5.93. The zero-order valence-electron chi connectivity index (χ0n) is 13.7. The van der Waals surface area contributed by atoms with E-state index in [4.69, 9.17) is 0 Å². The Hall–Kier alpha value is -2.42. The number of carbonyl (C=O) groups excluding carboxylic acids is 1. The molecule has 0 unspecified atom stereocenters. The Kier molecular flexibility index (Phi) is 4.76. The van der Waals surface area contributed by atoms with Crippen molar-refractivity contribution in [2.45, 2.75) is 32.6 Å². The number of fused-ring (bicyclic) bond motifs is 1. The van der Waals surface area contributed by atoms with Crippen LogP contribution in [0.4, 0.5) is 18.9 Å². The lowest BCUT2D eigenvalue weighted by atomic mass is 10.1. The van der Waals surface area contributed by atoms with Crippen LogP contribution in [0.2, 0.25) is 0 Å². The van der Waals surface area contributed by atoms with E-state index in [0.717, 1.165) is 22.2 Å². The van der Waals surface area contributed by atoms with Crippen molar-refractivity contribution in [3.63, 3.8) is 0 Å². The van der Waals surface area contributed by atoms with E-state index in [9.17, 15) is 18.0 Å². The average molecular weight is 353 g/mol. The monoisotopic (exact) mass is 353 g/mol. The molecule has 0 radical (unpaired) electrons. The number of amides is 1. The van der Waals surface area contributed by atoms with Gasteiger partial charge in [-0.25, -0.2) is 0 Å². The highest BCUT2D eigenvalue weighted by Gasteiger charge is 2.39. The molecule has 0 atom stereocenters. The number of nitrogens with one attached hydrogen (secondary N) is 1. The predicted molar refractivity (Wildman–Crippen MR) is 84.8 cm³/mol. The molecule has 1 aromatic carbocycles. The van der Waals surface area contributed by atoms with Gasteiger partial charge in [-0.3, -0.25) is 9.69 Å². The van der Waals surface area contributed by atoms with Gasteiger partial charge in [-0.2, -0.15) is 13.2 Å². The van der Waals surface area contributed by atoms with Gasteiger partial charge in [0.1, 0.15) is 5.82 Å². The third-order valence-electron chi connectivity index (χ3n) is 4.13. The number of halogens is 3. The molecule has 2 heterocycles. The molecule has 1 amide bonds. The molecular formula is C16H18F3N5O. The Morgan fingerprint density at radius 3 is 2.72 bits per heavy atom. The number of hydrogen-bond acceptors (Lipinski definition) is 4. The molecule has 0 saturated heterocycles. The third kappa shape index (κ3) is 3.81. The van der Waals surface area contributed by atoms with Gasteiger partial charge in [-0.1, -0.05) is 25.1 Å². The van der Waals surface area contributed by atoms with Crippen LogP contribution in [0.15, 0.2) is 24.3 Å². The molecule has 0 saturated carbocycles. The third-order valence-corrected chi connectivity index (χ3v) is 4.13. The summed E-state index contributed by atoms with van der Waals surface area (Å²) in [5.41, 5.74) is 1.79. The van der Waals surface area contributed by atoms with Crippen molar-refractivity contribution in [1.29, 1.82) is 0 Å². The SMILES string of the molecule is CCc1ccccc1NC(=O)CN1CCn2c(nnc2C(F)(F)F)C1. The molecule has 0 fully saturated rings. The molecule has 6 nitrogen and oxygen atoms in total. The number of anilines is 1. The first kappa shape index (κ1) is 17.4. The van der Waals surface area contributed by atoms with E-state index in [0.29, 0.717) is 6.54 Å². The van der Waals surface area contributed by atoms with E-state index < -0.39 is 12.0 Å². The van der Waals surface area contributed by atoms with Gasteiger partial charge in [0.25, 0.3) is 0 Å². The number of nitrogens with zero attached hydrogens (tertiary/aromatic N) is 4. The number of carbonyl (C=O) groups is 1. The van der Waals surface area contributed by atoms with Gasteiger partial charge in [0.15, 0.2) is 0 Å². The fourth-order valence-electron chi connectivity index (χ4n) is 2.90. The highest BCUT2D eigenvalue weighted by atomic mass is 19.4. The Bertz CT molecular complexity index is 771. The summed E-state index contributed by atoms with van der Waals surface area (Å²) >= 11 is 0. The van der Waals surface area contributed by atoms with Crippen molar-refractivity contribution in [2.24, 2.45) is 0 Å². The van der Waals surface area contributed by atoms with Crippen LogP contribution in [0.5, 0.6) is 0 Å². The number of alkyl halides is 3. The largest absolute Gasteiger partial charge is 0.451 e. The molecule has 1 aromatic heterocycles. The Labute approximate surface area is 142 Å². The van der Waals surface area contributed by atoms with Crippen molar-refractivity contribution in [3.8, 4) is 0 Å². The summed E-state index contributed by atoms with van der Waals surface area (Å²) < 4.78 is 39.6. The van der Waals surface area contributed by atoms with Crippen LogP contribution < -0.4 is 5.32 Å². The summed E-state index contributed by atoms with van der Waals surface area (Å²) in [7, 11) is 0. The van der Waals surface area contributed by atoms with E-state index in [1.165, 1.54) is 0 Å². The minimum Gasteiger partial charge on any atom is -0.325 e. The van der Waals surface area contributed by atoms with E-state index in [2.05, 4.69) is 15.5 Å². The molecule has 134 valence electrons. The molecule has 0 aliphatic carbocycles. The summed E-state index contributed by atoms with van der Waals surface area (Å²) in [6.45, 7) is 2.69. The van der Waals surface area contributed by atoms with Crippen LogP contribution in [-0.4, -0.2) is 38.7 Å². The number of aryl methyl sites for hydroxylation is 1. The van der Waals surface area contributed by atoms with E-state index in [-0.39, 0.29) is 31.4 Å². The number of rotatable bonds is 4.